The van der Waals surface area contributed by atoms with Gasteiger partial charge in [0.15, 0.2) is 0 Å². The average molecular weight is 279 g/mol. The van der Waals surface area contributed by atoms with Crippen LogP contribution in [0.25, 0.3) is 11.3 Å². The van der Waals surface area contributed by atoms with Gasteiger partial charge < -0.3 is 10.5 Å². The number of aromatic nitrogens is 1. The van der Waals surface area contributed by atoms with Crippen LogP contribution in [-0.4, -0.2) is 17.5 Å². The van der Waals surface area contributed by atoms with E-state index in [0.29, 0.717) is 27.8 Å². The molecule has 0 fully saturated rings. The molecular weight excluding hydrogens is 268 g/mol. The molecular formula is C13H11ClN2OS. The number of rotatable bonds is 3. The molecule has 0 spiro atoms. The van der Waals surface area contributed by atoms with Crippen LogP contribution in [0.3, 0.4) is 0 Å². The minimum atomic E-state index is 0.357. The van der Waals surface area contributed by atoms with Gasteiger partial charge in [-0.05, 0) is 18.2 Å². The molecule has 5 heteroatoms. The fourth-order valence-corrected chi connectivity index (χ4v) is 2.09. The highest BCUT2D eigenvalue weighted by molar-refractivity contribution is 7.79. The summed E-state index contributed by atoms with van der Waals surface area (Å²) in [5, 5.41) is 1.95. The Bertz CT molecular complexity index is 602. The fraction of sp³-hybridized carbons (Fsp3) is 0.0769. The quantitative estimate of drug-likeness (QED) is 0.875. The predicted octanol–water partition coefficient (Wildman–Crippen LogP) is 3.34. The van der Waals surface area contributed by atoms with E-state index in [1.165, 1.54) is 5.37 Å². The van der Waals surface area contributed by atoms with Crippen LogP contribution < -0.4 is 10.5 Å². The van der Waals surface area contributed by atoms with Gasteiger partial charge in [0.25, 0.3) is 0 Å². The number of ether oxygens (including phenoxy) is 1. The molecule has 1 heterocycles. The van der Waals surface area contributed by atoms with Gasteiger partial charge >= 0.3 is 0 Å². The van der Waals surface area contributed by atoms with Crippen LogP contribution in [0.5, 0.6) is 5.75 Å². The van der Waals surface area contributed by atoms with Gasteiger partial charge in [0.2, 0.25) is 0 Å². The number of nitrogens with two attached hydrogens (primary N) is 1. The predicted molar refractivity (Wildman–Crippen MR) is 78.4 cm³/mol. The first-order valence-electron chi connectivity index (χ1n) is 5.22. The van der Waals surface area contributed by atoms with Crippen LogP contribution in [-0.2, 0) is 0 Å². The Labute approximate surface area is 116 Å². The molecule has 0 bridgehead atoms. The average Bonchev–Trinajstić information content (AvgIpc) is 2.41. The second-order valence-corrected chi connectivity index (χ2v) is 4.25. The highest BCUT2D eigenvalue weighted by Gasteiger charge is 2.12. The summed E-state index contributed by atoms with van der Waals surface area (Å²) in [4.78, 5) is 4.29. The lowest BCUT2D eigenvalue weighted by Gasteiger charge is -2.10. The summed E-state index contributed by atoms with van der Waals surface area (Å²) in [5.41, 5.74) is 7.86. The Hall–Kier alpha value is -1.65. The second-order valence-electron chi connectivity index (χ2n) is 3.61. The molecule has 2 rings (SSSR count). The number of anilines is 1. The first-order chi connectivity index (χ1) is 8.67. The first-order valence-corrected chi connectivity index (χ1v) is 6.07. The van der Waals surface area contributed by atoms with Gasteiger partial charge in [0.1, 0.15) is 11.6 Å². The molecule has 0 aliphatic rings. The molecule has 0 radical (unpaired) electrons. The minimum Gasteiger partial charge on any atom is -0.496 e. The largest absolute Gasteiger partial charge is 0.496 e. The van der Waals surface area contributed by atoms with Crippen molar-refractivity contribution in [2.75, 3.05) is 12.8 Å². The summed E-state index contributed by atoms with van der Waals surface area (Å²) in [5.74, 6) is 1.05. The third-order valence-corrected chi connectivity index (χ3v) is 3.07. The molecule has 0 unspecified atom stereocenters. The van der Waals surface area contributed by atoms with E-state index in [-0.39, 0.29) is 0 Å². The van der Waals surface area contributed by atoms with Gasteiger partial charge in [-0.1, -0.05) is 36.0 Å². The lowest BCUT2D eigenvalue weighted by atomic mass is 10.1. The van der Waals surface area contributed by atoms with Crippen molar-refractivity contribution in [3.05, 3.63) is 40.9 Å². The topological polar surface area (TPSA) is 48.1 Å². The van der Waals surface area contributed by atoms with Crippen LogP contribution in [0.2, 0.25) is 5.02 Å². The van der Waals surface area contributed by atoms with Gasteiger partial charge in [-0.25, -0.2) is 4.98 Å². The Kier molecular flexibility index (Phi) is 3.79. The van der Waals surface area contributed by atoms with Crippen molar-refractivity contribution in [3.63, 3.8) is 0 Å². The van der Waals surface area contributed by atoms with E-state index in [9.17, 15) is 0 Å². The smallest absolute Gasteiger partial charge is 0.132 e. The molecule has 1 aromatic heterocycles. The highest BCUT2D eigenvalue weighted by Crippen LogP contribution is 2.34. The molecule has 18 heavy (non-hydrogen) atoms. The Morgan fingerprint density at radius 1 is 1.39 bits per heavy atom. The summed E-state index contributed by atoms with van der Waals surface area (Å²) < 4.78 is 5.28. The lowest BCUT2D eigenvalue weighted by molar-refractivity contribution is 0.416. The van der Waals surface area contributed by atoms with E-state index in [1.807, 2.05) is 24.3 Å². The summed E-state index contributed by atoms with van der Waals surface area (Å²) in [7, 11) is 1.60. The van der Waals surface area contributed by atoms with E-state index in [2.05, 4.69) is 4.98 Å². The number of para-hydroxylation sites is 1. The zero-order chi connectivity index (χ0) is 13.1. The monoisotopic (exact) mass is 278 g/mol. The first kappa shape index (κ1) is 12.8. The number of methoxy groups -OCH3 is 1. The molecule has 3 nitrogen and oxygen atoms in total. The normalized spacial score (nSPS) is 10.1. The zero-order valence-electron chi connectivity index (χ0n) is 9.68. The second kappa shape index (κ2) is 5.33. The number of thiocarbonyl (C=S) groups is 1. The number of halogens is 1. The third-order valence-electron chi connectivity index (χ3n) is 2.53. The molecule has 1 aromatic carbocycles. The van der Waals surface area contributed by atoms with E-state index >= 15 is 0 Å². The summed E-state index contributed by atoms with van der Waals surface area (Å²) in [6.07, 6.45) is 0. The molecule has 92 valence electrons. The molecule has 0 aliphatic heterocycles. The minimum absolute atomic E-state index is 0.357. The number of nitrogens with zero attached hydrogens (tertiary/aromatic N) is 1. The van der Waals surface area contributed by atoms with Crippen molar-refractivity contribution in [2.45, 2.75) is 0 Å². The molecule has 0 atom stereocenters. The van der Waals surface area contributed by atoms with Gasteiger partial charge in [-0.2, -0.15) is 0 Å². The van der Waals surface area contributed by atoms with E-state index in [4.69, 9.17) is 34.3 Å². The van der Waals surface area contributed by atoms with Crippen molar-refractivity contribution in [3.8, 4) is 17.0 Å². The van der Waals surface area contributed by atoms with Crippen LogP contribution in [0.4, 0.5) is 5.82 Å². The standard InChI is InChI=1S/C13H11ClN2OS/c1-17-11-5-3-2-4-9(11)12-10(14)6-8(7-18)13(15)16-12/h2-7H,1H3,(H2,15,16). The Balaban J connectivity index is 2.64. The summed E-state index contributed by atoms with van der Waals surface area (Å²) in [6, 6.07) is 9.20. The van der Waals surface area contributed by atoms with E-state index in [0.717, 1.165) is 5.56 Å². The van der Waals surface area contributed by atoms with Crippen LogP contribution >= 0.6 is 23.8 Å². The maximum atomic E-state index is 6.20. The number of hydrogen-bond acceptors (Lipinski definition) is 4. The van der Waals surface area contributed by atoms with Crippen molar-refractivity contribution in [2.24, 2.45) is 0 Å². The van der Waals surface area contributed by atoms with Crippen molar-refractivity contribution in [1.29, 1.82) is 0 Å². The summed E-state index contributed by atoms with van der Waals surface area (Å²) >= 11 is 11.0. The molecule has 0 aliphatic carbocycles. The molecule has 0 saturated carbocycles. The van der Waals surface area contributed by atoms with Crippen LogP contribution in [0, 0.1) is 0 Å². The van der Waals surface area contributed by atoms with E-state index < -0.39 is 0 Å². The lowest BCUT2D eigenvalue weighted by Crippen LogP contribution is -1.99. The van der Waals surface area contributed by atoms with Crippen molar-refractivity contribution in [1.82, 2.24) is 4.98 Å². The molecule has 0 amide bonds. The maximum absolute atomic E-state index is 6.20. The maximum Gasteiger partial charge on any atom is 0.132 e. The molecule has 2 aromatic rings. The number of benzene rings is 1. The van der Waals surface area contributed by atoms with Crippen LogP contribution in [0.15, 0.2) is 30.3 Å². The van der Waals surface area contributed by atoms with Gasteiger partial charge in [0.05, 0.1) is 17.8 Å². The molecule has 2 N–H and O–H groups in total. The summed E-state index contributed by atoms with van der Waals surface area (Å²) in [6.45, 7) is 0. The van der Waals surface area contributed by atoms with Gasteiger partial charge in [-0.15, -0.1) is 0 Å². The van der Waals surface area contributed by atoms with Crippen LogP contribution in [0.1, 0.15) is 5.56 Å². The number of nitrogen functional groups attached to an aromatic ring is 1. The highest BCUT2D eigenvalue weighted by atomic mass is 35.5. The van der Waals surface area contributed by atoms with E-state index in [1.54, 1.807) is 13.2 Å². The van der Waals surface area contributed by atoms with Crippen molar-refractivity contribution < 1.29 is 4.74 Å². The number of pyridine rings is 1. The SMILES string of the molecule is COc1ccccc1-c1nc(N)c(C=S)cc1Cl. The third kappa shape index (κ3) is 2.30. The van der Waals surface area contributed by atoms with Gasteiger partial charge in [0, 0.05) is 16.5 Å². The molecule has 0 saturated heterocycles. The Morgan fingerprint density at radius 2 is 2.11 bits per heavy atom. The zero-order valence-corrected chi connectivity index (χ0v) is 11.3. The fourth-order valence-electron chi connectivity index (χ4n) is 1.64. The Morgan fingerprint density at radius 3 is 2.78 bits per heavy atom. The van der Waals surface area contributed by atoms with Crippen molar-refractivity contribution >= 4 is 35.0 Å². The van der Waals surface area contributed by atoms with Gasteiger partial charge in [-0.3, -0.25) is 0 Å². The number of hydrogen-bond donors (Lipinski definition) is 1.